The van der Waals surface area contributed by atoms with E-state index in [4.69, 9.17) is 0 Å². The Morgan fingerprint density at radius 1 is 1.22 bits per heavy atom. The van der Waals surface area contributed by atoms with E-state index in [0.717, 1.165) is 20.3 Å². The van der Waals surface area contributed by atoms with Gasteiger partial charge < -0.3 is 5.32 Å². The molecule has 2 rings (SSSR count). The Balaban J connectivity index is 2.13. The van der Waals surface area contributed by atoms with E-state index in [2.05, 4.69) is 42.2 Å². The Labute approximate surface area is 122 Å². The fourth-order valence-corrected chi connectivity index (χ4v) is 2.44. The summed E-state index contributed by atoms with van der Waals surface area (Å²) < 4.78 is 15.3. The van der Waals surface area contributed by atoms with Crippen LogP contribution in [0.25, 0.3) is 0 Å². The molecule has 0 unspecified atom stereocenters. The van der Waals surface area contributed by atoms with E-state index in [9.17, 15) is 4.39 Å². The minimum absolute atomic E-state index is 0.222. The van der Waals surface area contributed by atoms with Crippen LogP contribution in [-0.2, 0) is 6.54 Å². The highest BCUT2D eigenvalue weighted by Crippen LogP contribution is 2.19. The van der Waals surface area contributed by atoms with Crippen LogP contribution in [0, 0.1) is 12.7 Å². The molecule has 2 aromatic rings. The normalized spacial score (nSPS) is 10.4. The summed E-state index contributed by atoms with van der Waals surface area (Å²) in [5, 5.41) is 3.13. The summed E-state index contributed by atoms with van der Waals surface area (Å²) in [6.45, 7) is 2.36. The van der Waals surface area contributed by atoms with Crippen molar-refractivity contribution in [1.29, 1.82) is 0 Å². The van der Waals surface area contributed by atoms with Crippen molar-refractivity contribution in [3.05, 3.63) is 56.4 Å². The molecule has 0 aliphatic heterocycles. The van der Waals surface area contributed by atoms with Gasteiger partial charge in [-0.3, -0.25) is 0 Å². The van der Waals surface area contributed by atoms with Crippen LogP contribution in [0.1, 0.15) is 11.1 Å². The Bertz CT molecular complexity index is 573. The zero-order valence-electron chi connectivity index (χ0n) is 9.67. The van der Waals surface area contributed by atoms with Gasteiger partial charge in [0, 0.05) is 27.3 Å². The van der Waals surface area contributed by atoms with Crippen LogP contribution in [0.5, 0.6) is 0 Å². The molecule has 5 heteroatoms. The minimum Gasteiger partial charge on any atom is -0.366 e. The lowest BCUT2D eigenvalue weighted by atomic mass is 10.2. The number of nitrogens with zero attached hydrogens (tertiary/aromatic N) is 1. The van der Waals surface area contributed by atoms with Gasteiger partial charge >= 0.3 is 0 Å². The molecule has 0 amide bonds. The van der Waals surface area contributed by atoms with Crippen LogP contribution < -0.4 is 5.32 Å². The first-order valence-corrected chi connectivity index (χ1v) is 6.95. The van der Waals surface area contributed by atoms with Gasteiger partial charge in [0.2, 0.25) is 0 Å². The van der Waals surface area contributed by atoms with Crippen molar-refractivity contribution >= 4 is 37.7 Å². The molecule has 0 saturated carbocycles. The number of nitrogens with one attached hydrogen (secondary N) is 1. The van der Waals surface area contributed by atoms with Gasteiger partial charge in [0.1, 0.15) is 11.6 Å². The maximum atomic E-state index is 13.5. The van der Waals surface area contributed by atoms with Gasteiger partial charge in [0.15, 0.2) is 0 Å². The van der Waals surface area contributed by atoms with Gasteiger partial charge in [0.05, 0.1) is 0 Å². The minimum atomic E-state index is -0.222. The third-order valence-electron chi connectivity index (χ3n) is 2.50. The summed E-state index contributed by atoms with van der Waals surface area (Å²) in [6, 6.07) is 6.86. The Hall–Kier alpha value is -0.940. The van der Waals surface area contributed by atoms with Crippen molar-refractivity contribution in [3.63, 3.8) is 0 Å². The number of aryl methyl sites for hydroxylation is 1. The van der Waals surface area contributed by atoms with Gasteiger partial charge in [-0.1, -0.05) is 15.9 Å². The van der Waals surface area contributed by atoms with E-state index in [1.807, 2.05) is 13.0 Å². The number of rotatable bonds is 3. The summed E-state index contributed by atoms with van der Waals surface area (Å²) in [5.74, 6) is 0.540. The van der Waals surface area contributed by atoms with Gasteiger partial charge in [-0.25, -0.2) is 9.37 Å². The molecular formula is C13H11Br2FN2. The van der Waals surface area contributed by atoms with Crippen LogP contribution in [0.15, 0.2) is 39.4 Å². The van der Waals surface area contributed by atoms with E-state index >= 15 is 0 Å². The molecule has 2 nitrogen and oxygen atoms in total. The van der Waals surface area contributed by atoms with Crippen molar-refractivity contribution in [2.24, 2.45) is 0 Å². The van der Waals surface area contributed by atoms with Gasteiger partial charge in [-0.05, 0) is 52.7 Å². The molecule has 0 spiro atoms. The molecule has 0 saturated heterocycles. The number of benzene rings is 1. The Morgan fingerprint density at radius 2 is 2.00 bits per heavy atom. The third-order valence-corrected chi connectivity index (χ3v) is 3.43. The number of hydrogen-bond donors (Lipinski definition) is 1. The van der Waals surface area contributed by atoms with Gasteiger partial charge in [-0.2, -0.15) is 0 Å². The summed E-state index contributed by atoms with van der Waals surface area (Å²) in [7, 11) is 0. The predicted octanol–water partition coefficient (Wildman–Crippen LogP) is 4.67. The predicted molar refractivity (Wildman–Crippen MR) is 78.1 cm³/mol. The third kappa shape index (κ3) is 3.29. The molecule has 1 aromatic heterocycles. The molecule has 0 radical (unpaired) electrons. The number of hydrogen-bond acceptors (Lipinski definition) is 2. The van der Waals surface area contributed by atoms with E-state index in [1.165, 1.54) is 6.07 Å². The van der Waals surface area contributed by atoms with Crippen LogP contribution in [-0.4, -0.2) is 4.98 Å². The lowest BCUT2D eigenvalue weighted by Crippen LogP contribution is -2.04. The second-order valence-electron chi connectivity index (χ2n) is 3.91. The average molecular weight is 374 g/mol. The van der Waals surface area contributed by atoms with Crippen LogP contribution in [0.3, 0.4) is 0 Å². The fourth-order valence-electron chi connectivity index (χ4n) is 1.58. The van der Waals surface area contributed by atoms with Crippen molar-refractivity contribution in [1.82, 2.24) is 4.98 Å². The van der Waals surface area contributed by atoms with Crippen molar-refractivity contribution in [2.45, 2.75) is 13.5 Å². The van der Waals surface area contributed by atoms with Crippen molar-refractivity contribution in [2.75, 3.05) is 5.32 Å². The quantitative estimate of drug-likeness (QED) is 0.845. The van der Waals surface area contributed by atoms with Crippen molar-refractivity contribution in [3.8, 4) is 0 Å². The van der Waals surface area contributed by atoms with E-state index in [-0.39, 0.29) is 5.82 Å². The molecular weight excluding hydrogens is 363 g/mol. The molecule has 0 aliphatic carbocycles. The largest absolute Gasteiger partial charge is 0.366 e. The first kappa shape index (κ1) is 13.5. The van der Waals surface area contributed by atoms with E-state index < -0.39 is 0 Å². The average Bonchev–Trinajstić information content (AvgIpc) is 2.32. The maximum Gasteiger partial charge on any atom is 0.129 e. The molecule has 0 bridgehead atoms. The summed E-state index contributed by atoms with van der Waals surface area (Å²) in [5.41, 5.74) is 1.62. The van der Waals surface area contributed by atoms with Crippen LogP contribution in [0.4, 0.5) is 10.2 Å². The van der Waals surface area contributed by atoms with E-state index in [0.29, 0.717) is 12.1 Å². The molecule has 1 heterocycles. The summed E-state index contributed by atoms with van der Waals surface area (Å²) >= 11 is 6.69. The Morgan fingerprint density at radius 3 is 2.72 bits per heavy atom. The number of aromatic nitrogens is 1. The molecule has 1 aromatic carbocycles. The number of pyridine rings is 1. The summed E-state index contributed by atoms with van der Waals surface area (Å²) in [4.78, 5) is 4.25. The molecule has 18 heavy (non-hydrogen) atoms. The van der Waals surface area contributed by atoms with Gasteiger partial charge in [-0.15, -0.1) is 0 Å². The van der Waals surface area contributed by atoms with Crippen molar-refractivity contribution < 1.29 is 4.39 Å². The first-order chi connectivity index (χ1) is 8.56. The highest BCUT2D eigenvalue weighted by Gasteiger charge is 2.05. The molecule has 0 aliphatic rings. The lowest BCUT2D eigenvalue weighted by Gasteiger charge is -2.09. The standard InChI is InChI=1S/C13H11Br2FN2/c1-8-4-11(15)7-18-13(8)17-6-9-5-10(14)2-3-12(9)16/h2-5,7H,6H2,1H3,(H,17,18). The summed E-state index contributed by atoms with van der Waals surface area (Å²) in [6.07, 6.45) is 1.71. The zero-order chi connectivity index (χ0) is 13.1. The SMILES string of the molecule is Cc1cc(Br)cnc1NCc1cc(Br)ccc1F. The number of anilines is 1. The molecule has 0 fully saturated rings. The van der Waals surface area contributed by atoms with Crippen LogP contribution >= 0.6 is 31.9 Å². The Kier molecular flexibility index (Phi) is 4.35. The second kappa shape index (κ2) is 5.80. The zero-order valence-corrected chi connectivity index (χ0v) is 12.8. The fraction of sp³-hybridized carbons (Fsp3) is 0.154. The van der Waals surface area contributed by atoms with Gasteiger partial charge in [0.25, 0.3) is 0 Å². The van der Waals surface area contributed by atoms with E-state index in [1.54, 1.807) is 18.3 Å². The van der Waals surface area contributed by atoms with Crippen LogP contribution in [0.2, 0.25) is 0 Å². The maximum absolute atomic E-state index is 13.5. The highest BCUT2D eigenvalue weighted by atomic mass is 79.9. The molecule has 94 valence electrons. The lowest BCUT2D eigenvalue weighted by molar-refractivity contribution is 0.612. The second-order valence-corrected chi connectivity index (χ2v) is 5.74. The monoisotopic (exact) mass is 372 g/mol. The highest BCUT2D eigenvalue weighted by molar-refractivity contribution is 9.10. The topological polar surface area (TPSA) is 24.9 Å². The molecule has 0 atom stereocenters. The number of halogens is 3. The molecule has 1 N–H and O–H groups in total. The first-order valence-electron chi connectivity index (χ1n) is 5.36. The smallest absolute Gasteiger partial charge is 0.129 e.